The summed E-state index contributed by atoms with van der Waals surface area (Å²) in [4.78, 5) is 7.58. The first kappa shape index (κ1) is 13.1. The zero-order chi connectivity index (χ0) is 13.7. The Morgan fingerprint density at radius 3 is 2.89 bits per heavy atom. The molecular formula is C13H15FN4O. The smallest absolute Gasteiger partial charge is 0.186 e. The summed E-state index contributed by atoms with van der Waals surface area (Å²) in [7, 11) is 0. The molecule has 0 aliphatic rings. The molecule has 3 N–H and O–H groups in total. The van der Waals surface area contributed by atoms with Crippen LogP contribution in [0.4, 0.5) is 15.9 Å². The maximum atomic E-state index is 13.6. The number of nitrogens with one attached hydrogen (secondary N) is 1. The minimum absolute atomic E-state index is 0.178. The van der Waals surface area contributed by atoms with Crippen molar-refractivity contribution < 1.29 is 9.13 Å². The van der Waals surface area contributed by atoms with E-state index in [1.165, 1.54) is 6.33 Å². The van der Waals surface area contributed by atoms with Gasteiger partial charge < -0.3 is 15.8 Å². The average molecular weight is 262 g/mol. The van der Waals surface area contributed by atoms with E-state index < -0.39 is 5.82 Å². The van der Waals surface area contributed by atoms with E-state index in [0.29, 0.717) is 30.3 Å². The van der Waals surface area contributed by atoms with Crippen molar-refractivity contribution in [1.29, 1.82) is 0 Å². The third-order valence-electron chi connectivity index (χ3n) is 2.53. The number of rotatable bonds is 5. The molecule has 0 bridgehead atoms. The van der Waals surface area contributed by atoms with Gasteiger partial charge in [0.15, 0.2) is 11.6 Å². The Morgan fingerprint density at radius 2 is 2.11 bits per heavy atom. The predicted molar refractivity (Wildman–Crippen MR) is 71.6 cm³/mol. The first-order chi connectivity index (χ1) is 9.18. The number of nitrogen functional groups attached to an aromatic ring is 1. The fourth-order valence-electron chi connectivity index (χ4n) is 1.52. The van der Waals surface area contributed by atoms with Crippen molar-refractivity contribution >= 4 is 11.5 Å². The Balaban J connectivity index is 1.84. The molecule has 2 aromatic rings. The number of aromatic nitrogens is 2. The Kier molecular flexibility index (Phi) is 4.12. The van der Waals surface area contributed by atoms with E-state index in [1.54, 1.807) is 19.1 Å². The Labute approximate surface area is 110 Å². The van der Waals surface area contributed by atoms with Crippen LogP contribution in [0.2, 0.25) is 0 Å². The number of anilines is 2. The molecule has 0 saturated carbocycles. The third-order valence-corrected chi connectivity index (χ3v) is 2.53. The van der Waals surface area contributed by atoms with Crippen LogP contribution in [0, 0.1) is 12.7 Å². The second kappa shape index (κ2) is 5.99. The van der Waals surface area contributed by atoms with Crippen LogP contribution >= 0.6 is 0 Å². The summed E-state index contributed by atoms with van der Waals surface area (Å²) in [6, 6.07) is 7.22. The van der Waals surface area contributed by atoms with Gasteiger partial charge in [0.25, 0.3) is 0 Å². The van der Waals surface area contributed by atoms with E-state index in [9.17, 15) is 4.39 Å². The van der Waals surface area contributed by atoms with E-state index in [1.807, 2.05) is 12.1 Å². The number of halogens is 1. The highest BCUT2D eigenvalue weighted by Crippen LogP contribution is 2.19. The standard InChI is InChI=1S/C13H15FN4O/c1-9-12(14)13(18-8-17-9)16-6-7-19-11-5-3-2-4-10(11)15/h2-5,8H,6-7,15H2,1H3,(H,16,17,18). The lowest BCUT2D eigenvalue weighted by Crippen LogP contribution is -2.14. The number of hydrogen-bond acceptors (Lipinski definition) is 5. The fraction of sp³-hybridized carbons (Fsp3) is 0.231. The lowest BCUT2D eigenvalue weighted by atomic mass is 10.3. The van der Waals surface area contributed by atoms with Crippen LogP contribution in [0.3, 0.4) is 0 Å². The molecule has 0 saturated heterocycles. The highest BCUT2D eigenvalue weighted by Gasteiger charge is 2.06. The van der Waals surface area contributed by atoms with Crippen LogP contribution in [0.25, 0.3) is 0 Å². The molecule has 0 spiro atoms. The number of ether oxygens (including phenoxy) is 1. The lowest BCUT2D eigenvalue weighted by molar-refractivity contribution is 0.334. The monoisotopic (exact) mass is 262 g/mol. The summed E-state index contributed by atoms with van der Waals surface area (Å²) in [6.45, 7) is 2.36. The molecule has 5 nitrogen and oxygen atoms in total. The number of aryl methyl sites for hydroxylation is 1. The largest absolute Gasteiger partial charge is 0.490 e. The zero-order valence-corrected chi connectivity index (χ0v) is 10.6. The summed E-state index contributed by atoms with van der Waals surface area (Å²) in [5.41, 5.74) is 6.62. The van der Waals surface area contributed by atoms with Crippen LogP contribution in [0.1, 0.15) is 5.69 Å². The lowest BCUT2D eigenvalue weighted by Gasteiger charge is -2.10. The first-order valence-electron chi connectivity index (χ1n) is 5.86. The first-order valence-corrected chi connectivity index (χ1v) is 5.86. The second-order valence-corrected chi connectivity index (χ2v) is 3.93. The molecule has 2 rings (SSSR count). The van der Waals surface area contributed by atoms with Crippen molar-refractivity contribution in [3.63, 3.8) is 0 Å². The van der Waals surface area contributed by atoms with Gasteiger partial charge in [0.1, 0.15) is 18.7 Å². The van der Waals surface area contributed by atoms with Gasteiger partial charge >= 0.3 is 0 Å². The van der Waals surface area contributed by atoms with Gasteiger partial charge in [-0.3, -0.25) is 0 Å². The highest BCUT2D eigenvalue weighted by molar-refractivity contribution is 5.51. The van der Waals surface area contributed by atoms with Gasteiger partial charge in [0.2, 0.25) is 0 Å². The molecule has 0 radical (unpaired) electrons. The van der Waals surface area contributed by atoms with Crippen molar-refractivity contribution in [3.05, 3.63) is 42.1 Å². The van der Waals surface area contributed by atoms with Crippen LogP contribution < -0.4 is 15.8 Å². The van der Waals surface area contributed by atoms with Gasteiger partial charge in [-0.05, 0) is 19.1 Å². The number of benzene rings is 1. The summed E-state index contributed by atoms with van der Waals surface area (Å²) < 4.78 is 19.0. The van der Waals surface area contributed by atoms with Crippen LogP contribution in [-0.2, 0) is 0 Å². The maximum Gasteiger partial charge on any atom is 0.186 e. The van der Waals surface area contributed by atoms with Gasteiger partial charge in [-0.1, -0.05) is 12.1 Å². The number of nitrogens with zero attached hydrogens (tertiary/aromatic N) is 2. The van der Waals surface area contributed by atoms with Crippen LogP contribution in [0.5, 0.6) is 5.75 Å². The molecule has 0 atom stereocenters. The Bertz CT molecular complexity index is 562. The van der Waals surface area contributed by atoms with Gasteiger partial charge in [-0.25, -0.2) is 14.4 Å². The quantitative estimate of drug-likeness (QED) is 0.637. The van der Waals surface area contributed by atoms with Gasteiger partial charge in [-0.15, -0.1) is 0 Å². The molecule has 1 aromatic heterocycles. The molecule has 100 valence electrons. The van der Waals surface area contributed by atoms with Crippen molar-refractivity contribution in [1.82, 2.24) is 9.97 Å². The van der Waals surface area contributed by atoms with Crippen molar-refractivity contribution in [2.75, 3.05) is 24.2 Å². The maximum absolute atomic E-state index is 13.6. The van der Waals surface area contributed by atoms with Gasteiger partial charge in [-0.2, -0.15) is 0 Å². The van der Waals surface area contributed by atoms with E-state index in [-0.39, 0.29) is 5.82 Å². The third kappa shape index (κ3) is 3.31. The molecule has 0 amide bonds. The minimum Gasteiger partial charge on any atom is -0.490 e. The predicted octanol–water partition coefficient (Wildman–Crippen LogP) is 2.00. The normalized spacial score (nSPS) is 10.2. The van der Waals surface area contributed by atoms with E-state index in [2.05, 4.69) is 15.3 Å². The van der Waals surface area contributed by atoms with Crippen LogP contribution in [-0.4, -0.2) is 23.1 Å². The molecule has 1 aromatic carbocycles. The molecule has 19 heavy (non-hydrogen) atoms. The minimum atomic E-state index is -0.443. The zero-order valence-electron chi connectivity index (χ0n) is 10.6. The van der Waals surface area contributed by atoms with E-state index in [0.717, 1.165) is 0 Å². The number of hydrogen-bond donors (Lipinski definition) is 2. The molecular weight excluding hydrogens is 247 g/mol. The van der Waals surface area contributed by atoms with E-state index in [4.69, 9.17) is 10.5 Å². The van der Waals surface area contributed by atoms with E-state index >= 15 is 0 Å². The summed E-state index contributed by atoms with van der Waals surface area (Å²) in [5.74, 6) is 0.350. The Morgan fingerprint density at radius 1 is 1.32 bits per heavy atom. The SMILES string of the molecule is Cc1ncnc(NCCOc2ccccc2N)c1F. The average Bonchev–Trinajstić information content (AvgIpc) is 2.41. The van der Waals surface area contributed by atoms with Crippen molar-refractivity contribution in [3.8, 4) is 5.75 Å². The molecule has 0 unspecified atom stereocenters. The topological polar surface area (TPSA) is 73.1 Å². The summed E-state index contributed by atoms with van der Waals surface area (Å²) in [5, 5.41) is 2.85. The fourth-order valence-corrected chi connectivity index (χ4v) is 1.52. The summed E-state index contributed by atoms with van der Waals surface area (Å²) >= 11 is 0. The molecule has 6 heteroatoms. The molecule has 1 heterocycles. The summed E-state index contributed by atoms with van der Waals surface area (Å²) in [6.07, 6.45) is 1.32. The van der Waals surface area contributed by atoms with Crippen LogP contribution in [0.15, 0.2) is 30.6 Å². The van der Waals surface area contributed by atoms with Gasteiger partial charge in [0.05, 0.1) is 17.9 Å². The van der Waals surface area contributed by atoms with Crippen molar-refractivity contribution in [2.24, 2.45) is 0 Å². The highest BCUT2D eigenvalue weighted by atomic mass is 19.1. The molecule has 0 aliphatic carbocycles. The number of nitrogens with two attached hydrogens (primary N) is 1. The number of para-hydroxylation sites is 2. The van der Waals surface area contributed by atoms with Crippen molar-refractivity contribution in [2.45, 2.75) is 6.92 Å². The van der Waals surface area contributed by atoms with Gasteiger partial charge in [0, 0.05) is 0 Å². The Hall–Kier alpha value is -2.37. The molecule has 0 aliphatic heterocycles. The second-order valence-electron chi connectivity index (χ2n) is 3.93. The molecule has 0 fully saturated rings.